The van der Waals surface area contributed by atoms with Gasteiger partial charge in [0.1, 0.15) is 17.5 Å². The Morgan fingerprint density at radius 1 is 1.10 bits per heavy atom. The summed E-state index contributed by atoms with van der Waals surface area (Å²) in [5.41, 5.74) is 2.21. The van der Waals surface area contributed by atoms with E-state index in [-0.39, 0.29) is 36.2 Å². The van der Waals surface area contributed by atoms with Gasteiger partial charge in [0.15, 0.2) is 6.61 Å². The Kier molecular flexibility index (Phi) is 8.07. The molecule has 7 atom stereocenters. The van der Waals surface area contributed by atoms with Crippen LogP contribution < -0.4 is 5.32 Å². The zero-order chi connectivity index (χ0) is 29.4. The fourth-order valence-corrected chi connectivity index (χ4v) is 8.21. The quantitative estimate of drug-likeness (QED) is 0.307. The van der Waals surface area contributed by atoms with Crippen LogP contribution in [0.5, 0.6) is 5.75 Å². The predicted octanol–water partition coefficient (Wildman–Crippen LogP) is 4.85. The third-order valence-corrected chi connectivity index (χ3v) is 10.8. The fourth-order valence-electron chi connectivity index (χ4n) is 8.21. The van der Waals surface area contributed by atoms with Gasteiger partial charge in [-0.25, -0.2) is 4.79 Å². The molecule has 4 aliphatic rings. The monoisotopic (exact) mass is 564 g/mol. The Hall–Kier alpha value is -3.13. The second-order valence-corrected chi connectivity index (χ2v) is 13.0. The minimum Gasteiger partial charge on any atom is -0.508 e. The molecule has 222 valence electrons. The molecule has 0 saturated heterocycles. The van der Waals surface area contributed by atoms with Crippen molar-refractivity contribution in [3.8, 4) is 5.75 Å². The van der Waals surface area contributed by atoms with Gasteiger partial charge in [0.25, 0.3) is 5.91 Å². The molecule has 3 saturated carbocycles. The van der Waals surface area contributed by atoms with Crippen molar-refractivity contribution in [3.63, 3.8) is 0 Å². The molecule has 0 spiro atoms. The number of fused-ring (bicyclic) bond motifs is 5. The largest absolute Gasteiger partial charge is 0.508 e. The number of carbonyl (C=O) groups excluding carboxylic acids is 2. The van der Waals surface area contributed by atoms with Crippen LogP contribution >= 0.6 is 0 Å². The van der Waals surface area contributed by atoms with Gasteiger partial charge in [-0.1, -0.05) is 42.8 Å². The molecular weight excluding hydrogens is 520 g/mol. The van der Waals surface area contributed by atoms with Crippen LogP contribution in [0.25, 0.3) is 0 Å². The van der Waals surface area contributed by atoms with Gasteiger partial charge >= 0.3 is 5.97 Å². The van der Waals surface area contributed by atoms with Crippen molar-refractivity contribution in [2.24, 2.45) is 33.7 Å². The molecule has 1 aromatic carbocycles. The minimum absolute atomic E-state index is 0.00149. The maximum Gasteiger partial charge on any atom is 0.328 e. The molecule has 3 fully saturated rings. The zero-order valence-corrected chi connectivity index (χ0v) is 24.7. The SMILES string of the molecule is CCOC(=O)C(Cc1ccc(O)cc1)NC(=O)CON=C1C=C[C@@]2(C)C(=C1)CCC1C2CC[C@@]2(C)C1CC[C@]2(C)O. The summed E-state index contributed by atoms with van der Waals surface area (Å²) in [6.45, 7) is 8.29. The smallest absolute Gasteiger partial charge is 0.328 e. The lowest BCUT2D eigenvalue weighted by atomic mass is 9.47. The van der Waals surface area contributed by atoms with E-state index in [0.29, 0.717) is 23.5 Å². The van der Waals surface area contributed by atoms with Crippen molar-refractivity contribution in [2.45, 2.75) is 84.3 Å². The maximum absolute atomic E-state index is 12.6. The number of hydrogen-bond acceptors (Lipinski definition) is 7. The highest BCUT2D eigenvalue weighted by molar-refractivity contribution is 6.05. The van der Waals surface area contributed by atoms with E-state index in [9.17, 15) is 19.8 Å². The van der Waals surface area contributed by atoms with Gasteiger partial charge in [0, 0.05) is 11.8 Å². The highest BCUT2D eigenvalue weighted by Gasteiger charge is 2.62. The van der Waals surface area contributed by atoms with E-state index in [1.165, 1.54) is 17.7 Å². The van der Waals surface area contributed by atoms with E-state index >= 15 is 0 Å². The molecule has 8 nitrogen and oxygen atoms in total. The molecule has 5 rings (SSSR count). The van der Waals surface area contributed by atoms with Crippen LogP contribution in [-0.2, 0) is 25.6 Å². The molecule has 0 heterocycles. The third kappa shape index (κ3) is 5.55. The Morgan fingerprint density at radius 2 is 1.83 bits per heavy atom. The first-order chi connectivity index (χ1) is 19.5. The highest BCUT2D eigenvalue weighted by Crippen LogP contribution is 2.66. The van der Waals surface area contributed by atoms with Crippen molar-refractivity contribution < 1.29 is 29.4 Å². The van der Waals surface area contributed by atoms with Crippen LogP contribution in [0.15, 0.2) is 53.2 Å². The van der Waals surface area contributed by atoms with Crippen LogP contribution in [0.1, 0.15) is 71.8 Å². The summed E-state index contributed by atoms with van der Waals surface area (Å²) in [5, 5.41) is 27.6. The topological polar surface area (TPSA) is 117 Å². The van der Waals surface area contributed by atoms with Gasteiger partial charge in [-0.2, -0.15) is 0 Å². The normalized spacial score (nSPS) is 35.5. The van der Waals surface area contributed by atoms with E-state index in [1.54, 1.807) is 19.1 Å². The number of esters is 1. The number of phenolic OH excluding ortho intramolecular Hbond substituents is 1. The number of rotatable bonds is 8. The van der Waals surface area contributed by atoms with Crippen molar-refractivity contribution in [1.29, 1.82) is 0 Å². The first-order valence-corrected chi connectivity index (χ1v) is 15.0. The van der Waals surface area contributed by atoms with Gasteiger partial charge in [-0.15, -0.1) is 0 Å². The van der Waals surface area contributed by atoms with Crippen LogP contribution in [0.3, 0.4) is 0 Å². The van der Waals surface area contributed by atoms with E-state index in [1.807, 2.05) is 13.0 Å². The standard InChI is InChI=1S/C33H44N2O6/c1-5-40-30(38)28(18-21-6-9-24(36)10-7-21)34-29(37)20-41-35-23-12-15-31(2)22(19-23)8-11-25-26(31)13-16-32(3)27(25)14-17-33(32,4)39/h6-7,9-10,12,15,19,25-28,36,39H,5,8,11,13-14,16-18,20H2,1-4H3,(H,34,37)/t25?,26?,27?,28?,31-,32-,33-/m0/s1. The van der Waals surface area contributed by atoms with Crippen molar-refractivity contribution >= 4 is 17.6 Å². The predicted molar refractivity (Wildman–Crippen MR) is 156 cm³/mol. The molecule has 8 heteroatoms. The number of nitrogens with one attached hydrogen (secondary N) is 1. The Balaban J connectivity index is 1.19. The molecule has 4 unspecified atom stereocenters. The first-order valence-electron chi connectivity index (χ1n) is 15.0. The molecular formula is C33H44N2O6. The third-order valence-electron chi connectivity index (χ3n) is 10.8. The van der Waals surface area contributed by atoms with Crippen LogP contribution in [0.4, 0.5) is 0 Å². The molecule has 0 bridgehead atoms. The molecule has 3 N–H and O–H groups in total. The number of amides is 1. The molecule has 4 aliphatic carbocycles. The molecule has 0 aromatic heterocycles. The van der Waals surface area contributed by atoms with Gasteiger partial charge in [0.05, 0.1) is 12.2 Å². The van der Waals surface area contributed by atoms with Gasteiger partial charge < -0.3 is 25.1 Å². The van der Waals surface area contributed by atoms with Crippen LogP contribution in [-0.4, -0.2) is 52.7 Å². The van der Waals surface area contributed by atoms with Crippen LogP contribution in [0, 0.1) is 28.6 Å². The molecule has 0 radical (unpaired) electrons. The maximum atomic E-state index is 12.6. The average Bonchev–Trinajstić information content (AvgIpc) is 3.18. The van der Waals surface area contributed by atoms with E-state index in [4.69, 9.17) is 9.57 Å². The number of aromatic hydroxyl groups is 1. The van der Waals surface area contributed by atoms with E-state index < -0.39 is 23.5 Å². The Bertz CT molecular complexity index is 1250. The number of allylic oxidation sites excluding steroid dienone is 4. The number of aliphatic hydroxyl groups is 1. The van der Waals surface area contributed by atoms with Gasteiger partial charge in [-0.05, 0) is 105 Å². The summed E-state index contributed by atoms with van der Waals surface area (Å²) in [7, 11) is 0. The number of oxime groups is 1. The van der Waals surface area contributed by atoms with E-state index in [2.05, 4.69) is 36.5 Å². The number of hydrogen-bond donors (Lipinski definition) is 3. The lowest BCUT2D eigenvalue weighted by Crippen LogP contribution is -2.53. The minimum atomic E-state index is -0.878. The lowest BCUT2D eigenvalue weighted by molar-refractivity contribution is -0.147. The fraction of sp³-hybridized carbons (Fsp3) is 0.606. The molecule has 0 aliphatic heterocycles. The summed E-state index contributed by atoms with van der Waals surface area (Å²) in [6, 6.07) is 5.59. The number of ether oxygens (including phenoxy) is 1. The number of carbonyl (C=O) groups is 2. The number of benzene rings is 1. The van der Waals surface area contributed by atoms with Crippen molar-refractivity contribution in [3.05, 3.63) is 53.6 Å². The molecule has 41 heavy (non-hydrogen) atoms. The number of phenols is 1. The zero-order valence-electron chi connectivity index (χ0n) is 24.7. The lowest BCUT2D eigenvalue weighted by Gasteiger charge is -2.58. The average molecular weight is 565 g/mol. The van der Waals surface area contributed by atoms with E-state index in [0.717, 1.165) is 44.1 Å². The second-order valence-electron chi connectivity index (χ2n) is 13.0. The molecule has 1 aromatic rings. The highest BCUT2D eigenvalue weighted by atomic mass is 16.6. The Labute approximate surface area is 242 Å². The Morgan fingerprint density at radius 3 is 2.56 bits per heavy atom. The second kappa shape index (κ2) is 11.3. The van der Waals surface area contributed by atoms with Gasteiger partial charge in [-0.3, -0.25) is 4.79 Å². The van der Waals surface area contributed by atoms with Gasteiger partial charge in [0.2, 0.25) is 0 Å². The van der Waals surface area contributed by atoms with Crippen molar-refractivity contribution in [2.75, 3.05) is 13.2 Å². The van der Waals surface area contributed by atoms with Crippen molar-refractivity contribution in [1.82, 2.24) is 5.32 Å². The summed E-state index contributed by atoms with van der Waals surface area (Å²) >= 11 is 0. The summed E-state index contributed by atoms with van der Waals surface area (Å²) < 4.78 is 5.14. The summed E-state index contributed by atoms with van der Waals surface area (Å²) in [6.07, 6.45) is 12.9. The molecule has 1 amide bonds. The summed E-state index contributed by atoms with van der Waals surface area (Å²) in [5.74, 6) is 0.852. The summed E-state index contributed by atoms with van der Waals surface area (Å²) in [4.78, 5) is 30.5. The van der Waals surface area contributed by atoms with Crippen LogP contribution in [0.2, 0.25) is 0 Å². The number of nitrogens with zero attached hydrogens (tertiary/aromatic N) is 1. The first kappa shape index (κ1) is 29.4.